The molecule has 0 saturated carbocycles. The van der Waals surface area contributed by atoms with Crippen LogP contribution in [-0.4, -0.2) is 146 Å². The molecule has 4 N–H and O–H groups in total. The molecule has 4 rings (SSSR count). The normalized spacial score (nSPS) is 43.0. The Bertz CT molecular complexity index is 1480. The van der Waals surface area contributed by atoms with Crippen molar-refractivity contribution in [3.63, 3.8) is 0 Å². The van der Waals surface area contributed by atoms with E-state index in [1.807, 2.05) is 52.6 Å². The van der Waals surface area contributed by atoms with Crippen LogP contribution in [0.1, 0.15) is 113 Å². The zero-order valence-electron chi connectivity index (χ0n) is 37.8. The SMILES string of the molecule is C=C[C@H]1CN(C)[C@H](C)[C@@H](O)[C@](C)(O)[C@@H](CC)OC(=O)[C@H](C)[C@@H](C2C[C@@](C)(OC)C[C@H](C)O2)[C@H](C)[C@@H](C(=C)[C@H]2C[C@@H](N(C)CCc3cn[nH]n3)C[C@@H](C)O2)[C@@](O)(CC)C1. The number of nitrogens with zero attached hydrogens (tertiary/aromatic N) is 4. The Morgan fingerprint density at radius 3 is 2.38 bits per heavy atom. The Morgan fingerprint density at radius 1 is 1.10 bits per heavy atom. The van der Waals surface area contributed by atoms with Gasteiger partial charge in [-0.25, -0.2) is 0 Å². The molecule has 3 saturated heterocycles. The number of hydrogen-bond acceptors (Lipinski definition) is 12. The molecule has 58 heavy (non-hydrogen) atoms. The average molecular weight is 818 g/mol. The molecular formula is C45H79N5O8. The lowest BCUT2D eigenvalue weighted by molar-refractivity contribution is -0.201. The van der Waals surface area contributed by atoms with E-state index in [1.54, 1.807) is 20.2 Å². The van der Waals surface area contributed by atoms with Gasteiger partial charge in [-0.05, 0) is 98.2 Å². The van der Waals surface area contributed by atoms with Crippen LogP contribution in [0.2, 0.25) is 0 Å². The zero-order chi connectivity index (χ0) is 43.3. The second kappa shape index (κ2) is 20.1. The molecule has 3 aliphatic rings. The molecule has 1 aromatic rings. The van der Waals surface area contributed by atoms with Gasteiger partial charge in [-0.1, -0.05) is 40.3 Å². The Labute approximate surface area is 349 Å². The molecule has 0 amide bonds. The molecule has 0 spiro atoms. The van der Waals surface area contributed by atoms with E-state index in [4.69, 9.17) is 25.5 Å². The van der Waals surface area contributed by atoms with E-state index >= 15 is 0 Å². The predicted octanol–water partition coefficient (Wildman–Crippen LogP) is 5.35. The lowest BCUT2D eigenvalue weighted by Crippen LogP contribution is -2.59. The summed E-state index contributed by atoms with van der Waals surface area (Å²) in [6.45, 7) is 27.8. The number of carbonyl (C=O) groups excluding carboxylic acids is 1. The number of esters is 1. The molecule has 0 aliphatic carbocycles. The molecule has 1 aromatic heterocycles. The van der Waals surface area contributed by atoms with Crippen molar-refractivity contribution < 1.29 is 39.1 Å². The van der Waals surface area contributed by atoms with E-state index < -0.39 is 64.9 Å². The Balaban J connectivity index is 1.86. The third-order valence-corrected chi connectivity index (χ3v) is 14.6. The fourth-order valence-corrected chi connectivity index (χ4v) is 10.8. The molecule has 1 unspecified atom stereocenters. The summed E-state index contributed by atoms with van der Waals surface area (Å²) in [6.07, 6.45) is 5.00. The van der Waals surface area contributed by atoms with Gasteiger partial charge < -0.3 is 44.1 Å². The van der Waals surface area contributed by atoms with Crippen molar-refractivity contribution >= 4 is 5.97 Å². The molecule has 13 nitrogen and oxygen atoms in total. The second-order valence-electron chi connectivity index (χ2n) is 18.9. The summed E-state index contributed by atoms with van der Waals surface area (Å²) in [5.74, 6) is -2.77. The number of H-pyrrole nitrogens is 1. The summed E-state index contributed by atoms with van der Waals surface area (Å²) >= 11 is 0. The summed E-state index contributed by atoms with van der Waals surface area (Å²) in [6, 6.07) is -0.320. The van der Waals surface area contributed by atoms with Gasteiger partial charge in [0.15, 0.2) is 0 Å². The standard InChI is InChI=1S/C45H79N5O8/c1-15-33-23-45(54,17-3)40(29(6)36-21-35(20-27(4)56-36)49(12)19-18-34-25-46-48-47-34)30(7)39(37-24-43(10,55-14)22-28(5)57-37)31(8)42(52)58-38(16-2)44(11,53)41(51)32(9)50(13)26-33/h15,25,27-28,30-33,35-41,51,53-54H,1,6,16-24,26H2,2-5,7-14H3,(H,46,47,48)/t27-,28+,30+,31-,32-,33-,35+,36-,37?,38-,39+,40-,41-,43+,44-,45-/m1/s1. The lowest BCUT2D eigenvalue weighted by atomic mass is 9.61. The van der Waals surface area contributed by atoms with Crippen molar-refractivity contribution in [2.24, 2.45) is 29.6 Å². The van der Waals surface area contributed by atoms with Crippen molar-refractivity contribution in [3.05, 3.63) is 36.7 Å². The topological polar surface area (TPSA) is 163 Å². The van der Waals surface area contributed by atoms with Crippen LogP contribution in [0.5, 0.6) is 0 Å². The quantitative estimate of drug-likeness (QED) is 0.168. The number of likely N-dealkylation sites (N-methyl/N-ethyl adjacent to an activating group) is 2. The molecule has 4 heterocycles. The van der Waals surface area contributed by atoms with Crippen LogP contribution in [0.4, 0.5) is 0 Å². The van der Waals surface area contributed by atoms with Crippen LogP contribution in [0.25, 0.3) is 0 Å². The number of nitrogens with one attached hydrogen (secondary N) is 1. The first kappa shape index (κ1) is 48.4. The maximum atomic E-state index is 14.6. The largest absolute Gasteiger partial charge is 0.459 e. The minimum absolute atomic E-state index is 0.0572. The van der Waals surface area contributed by atoms with Crippen LogP contribution in [0, 0.1) is 29.6 Å². The van der Waals surface area contributed by atoms with Gasteiger partial charge in [0.1, 0.15) is 17.8 Å². The molecule has 3 aliphatic heterocycles. The summed E-state index contributed by atoms with van der Waals surface area (Å²) in [7, 11) is 5.76. The number of methoxy groups -OCH3 is 1. The van der Waals surface area contributed by atoms with Crippen LogP contribution in [0.15, 0.2) is 31.0 Å². The predicted molar refractivity (Wildman–Crippen MR) is 226 cm³/mol. The highest BCUT2D eigenvalue weighted by atomic mass is 16.6. The lowest BCUT2D eigenvalue weighted by Gasteiger charge is -2.51. The van der Waals surface area contributed by atoms with E-state index in [0.29, 0.717) is 45.1 Å². The van der Waals surface area contributed by atoms with Gasteiger partial charge in [0, 0.05) is 63.4 Å². The van der Waals surface area contributed by atoms with Crippen molar-refractivity contribution in [1.29, 1.82) is 0 Å². The number of carbonyl (C=O) groups is 1. The number of cyclic esters (lactones) is 1. The zero-order valence-corrected chi connectivity index (χ0v) is 37.8. The fourth-order valence-electron chi connectivity index (χ4n) is 10.8. The maximum absolute atomic E-state index is 14.6. The molecule has 16 atom stereocenters. The smallest absolute Gasteiger partial charge is 0.309 e. The minimum atomic E-state index is -1.75. The first-order valence-electron chi connectivity index (χ1n) is 21.9. The first-order valence-corrected chi connectivity index (χ1v) is 21.9. The highest BCUT2D eigenvalue weighted by Gasteiger charge is 2.53. The van der Waals surface area contributed by atoms with Crippen LogP contribution < -0.4 is 0 Å². The molecule has 0 aromatic carbocycles. The van der Waals surface area contributed by atoms with Crippen molar-refractivity contribution in [2.45, 2.75) is 179 Å². The second-order valence-corrected chi connectivity index (χ2v) is 18.9. The van der Waals surface area contributed by atoms with Crippen LogP contribution >= 0.6 is 0 Å². The van der Waals surface area contributed by atoms with Gasteiger partial charge >= 0.3 is 5.97 Å². The molecule has 0 radical (unpaired) electrons. The number of aliphatic hydroxyl groups is 3. The van der Waals surface area contributed by atoms with Crippen molar-refractivity contribution in [1.82, 2.24) is 25.2 Å². The average Bonchev–Trinajstić information content (AvgIpc) is 3.71. The monoisotopic (exact) mass is 818 g/mol. The Kier molecular flexibility index (Phi) is 16.8. The van der Waals surface area contributed by atoms with Gasteiger partial charge in [0.2, 0.25) is 0 Å². The molecule has 332 valence electrons. The fraction of sp³-hybridized carbons (Fsp3) is 0.844. The van der Waals surface area contributed by atoms with Crippen LogP contribution in [-0.2, 0) is 30.2 Å². The summed E-state index contributed by atoms with van der Waals surface area (Å²) in [5.41, 5.74) is -1.84. The van der Waals surface area contributed by atoms with Gasteiger partial charge in [0.25, 0.3) is 0 Å². The van der Waals surface area contributed by atoms with E-state index in [9.17, 15) is 20.1 Å². The first-order chi connectivity index (χ1) is 27.1. The van der Waals surface area contributed by atoms with Crippen LogP contribution in [0.3, 0.4) is 0 Å². The Morgan fingerprint density at radius 2 is 1.79 bits per heavy atom. The van der Waals surface area contributed by atoms with Gasteiger partial charge in [-0.15, -0.1) is 6.58 Å². The third kappa shape index (κ3) is 11.0. The van der Waals surface area contributed by atoms with E-state index in [0.717, 1.165) is 30.7 Å². The number of aliphatic hydroxyl groups excluding tert-OH is 1. The maximum Gasteiger partial charge on any atom is 0.309 e. The van der Waals surface area contributed by atoms with E-state index in [2.05, 4.69) is 54.7 Å². The summed E-state index contributed by atoms with van der Waals surface area (Å²) in [5, 5.41) is 47.9. The van der Waals surface area contributed by atoms with E-state index in [1.165, 1.54) is 0 Å². The van der Waals surface area contributed by atoms with E-state index in [-0.39, 0.29) is 36.2 Å². The molecule has 3 fully saturated rings. The molecular weight excluding hydrogens is 739 g/mol. The van der Waals surface area contributed by atoms with Crippen molar-refractivity contribution in [2.75, 3.05) is 34.3 Å². The van der Waals surface area contributed by atoms with Crippen molar-refractivity contribution in [3.8, 4) is 0 Å². The third-order valence-electron chi connectivity index (χ3n) is 14.6. The van der Waals surface area contributed by atoms with Gasteiger partial charge in [-0.2, -0.15) is 15.4 Å². The highest BCUT2D eigenvalue weighted by Crippen LogP contribution is 2.49. The summed E-state index contributed by atoms with van der Waals surface area (Å²) < 4.78 is 26.0. The molecule has 0 bridgehead atoms. The Hall–Kier alpha value is -2.23. The highest BCUT2D eigenvalue weighted by molar-refractivity contribution is 5.73. The number of aromatic nitrogens is 3. The minimum Gasteiger partial charge on any atom is -0.459 e. The number of hydrogen-bond donors (Lipinski definition) is 4. The number of aromatic amines is 1. The molecule has 13 heteroatoms. The summed E-state index contributed by atoms with van der Waals surface area (Å²) in [4.78, 5) is 19.0. The van der Waals surface area contributed by atoms with Gasteiger partial charge in [-0.3, -0.25) is 4.79 Å². The van der Waals surface area contributed by atoms with Gasteiger partial charge in [0.05, 0.1) is 53.4 Å². The number of ether oxygens (including phenoxy) is 4. The number of rotatable bonds is 11.